The molecule has 0 atom stereocenters. The molecule has 21 heavy (non-hydrogen) atoms. The van der Waals surface area contributed by atoms with E-state index in [1.54, 1.807) is 25.3 Å². The Morgan fingerprint density at radius 3 is 2.48 bits per heavy atom. The van der Waals surface area contributed by atoms with Crippen molar-refractivity contribution in [3.63, 3.8) is 0 Å². The first-order chi connectivity index (χ1) is 10.1. The predicted octanol–water partition coefficient (Wildman–Crippen LogP) is 3.47. The Labute approximate surface area is 132 Å². The molecule has 0 fully saturated rings. The van der Waals surface area contributed by atoms with Gasteiger partial charge < -0.3 is 15.2 Å². The van der Waals surface area contributed by atoms with Gasteiger partial charge in [0.15, 0.2) is 5.78 Å². The van der Waals surface area contributed by atoms with E-state index in [2.05, 4.69) is 15.9 Å². The summed E-state index contributed by atoms with van der Waals surface area (Å²) in [5.41, 5.74) is 7.68. The van der Waals surface area contributed by atoms with E-state index in [1.807, 2.05) is 18.2 Å². The molecule has 2 aromatic carbocycles. The Bertz CT molecular complexity index is 671. The molecule has 4 nitrogen and oxygen atoms in total. The summed E-state index contributed by atoms with van der Waals surface area (Å²) < 4.78 is 11.1. The van der Waals surface area contributed by atoms with Crippen molar-refractivity contribution in [2.24, 2.45) is 0 Å². The molecule has 0 saturated carbocycles. The van der Waals surface area contributed by atoms with Crippen molar-refractivity contribution in [2.45, 2.75) is 6.42 Å². The lowest BCUT2D eigenvalue weighted by molar-refractivity contribution is 0.0993. The zero-order valence-corrected chi connectivity index (χ0v) is 13.4. The third kappa shape index (κ3) is 3.36. The molecule has 0 aliphatic carbocycles. The third-order valence-corrected chi connectivity index (χ3v) is 3.79. The van der Waals surface area contributed by atoms with Gasteiger partial charge in [-0.2, -0.15) is 0 Å². The minimum atomic E-state index is -0.0523. The van der Waals surface area contributed by atoms with Crippen LogP contribution in [0.4, 0.5) is 5.69 Å². The number of ether oxygens (including phenoxy) is 2. The van der Waals surface area contributed by atoms with Crippen LogP contribution in [0.5, 0.6) is 11.5 Å². The van der Waals surface area contributed by atoms with Crippen LogP contribution in [0.1, 0.15) is 15.9 Å². The molecule has 0 saturated heterocycles. The number of methoxy groups -OCH3 is 2. The number of hydrogen-bond acceptors (Lipinski definition) is 4. The first-order valence-corrected chi connectivity index (χ1v) is 7.14. The molecule has 0 heterocycles. The Morgan fingerprint density at radius 2 is 1.86 bits per heavy atom. The maximum atomic E-state index is 12.4. The van der Waals surface area contributed by atoms with Gasteiger partial charge in [-0.1, -0.05) is 12.1 Å². The molecule has 0 spiro atoms. The maximum absolute atomic E-state index is 12.4. The van der Waals surface area contributed by atoms with Gasteiger partial charge in [-0.25, -0.2) is 0 Å². The summed E-state index contributed by atoms with van der Waals surface area (Å²) >= 11 is 3.41. The standard InChI is InChI=1S/C16H16BrNO3/c1-20-14-7-6-10(8-12(14)17)9-13(19)11-4-3-5-15(21-2)16(11)18/h3-8H,9,18H2,1-2H3. The van der Waals surface area contributed by atoms with Crippen LogP contribution in [-0.4, -0.2) is 20.0 Å². The van der Waals surface area contributed by atoms with Crippen molar-refractivity contribution in [3.8, 4) is 11.5 Å². The lowest BCUT2D eigenvalue weighted by Crippen LogP contribution is -2.08. The summed E-state index contributed by atoms with van der Waals surface area (Å²) in [4.78, 5) is 12.4. The average molecular weight is 350 g/mol. The summed E-state index contributed by atoms with van der Waals surface area (Å²) in [5, 5.41) is 0. The topological polar surface area (TPSA) is 61.5 Å². The molecule has 0 amide bonds. The summed E-state index contributed by atoms with van der Waals surface area (Å²) in [6.07, 6.45) is 0.264. The molecule has 0 aromatic heterocycles. The van der Waals surface area contributed by atoms with Crippen LogP contribution in [0.2, 0.25) is 0 Å². The highest BCUT2D eigenvalue weighted by Gasteiger charge is 2.14. The summed E-state index contributed by atoms with van der Waals surface area (Å²) in [6.45, 7) is 0. The number of ketones is 1. The fraction of sp³-hybridized carbons (Fsp3) is 0.188. The quantitative estimate of drug-likeness (QED) is 0.663. The molecule has 0 bridgehead atoms. The molecular weight excluding hydrogens is 334 g/mol. The van der Waals surface area contributed by atoms with Gasteiger partial charge in [-0.15, -0.1) is 0 Å². The summed E-state index contributed by atoms with van der Waals surface area (Å²) in [7, 11) is 3.13. The average Bonchev–Trinajstić information content (AvgIpc) is 2.47. The lowest BCUT2D eigenvalue weighted by Gasteiger charge is -2.10. The van der Waals surface area contributed by atoms with E-state index in [1.165, 1.54) is 7.11 Å². The van der Waals surface area contributed by atoms with Crippen molar-refractivity contribution < 1.29 is 14.3 Å². The number of anilines is 1. The van der Waals surface area contributed by atoms with E-state index < -0.39 is 0 Å². The number of nitrogens with two attached hydrogens (primary N) is 1. The van der Waals surface area contributed by atoms with E-state index in [-0.39, 0.29) is 12.2 Å². The summed E-state index contributed by atoms with van der Waals surface area (Å²) in [5.74, 6) is 1.19. The largest absolute Gasteiger partial charge is 0.496 e. The van der Waals surface area contributed by atoms with E-state index >= 15 is 0 Å². The van der Waals surface area contributed by atoms with Crippen LogP contribution >= 0.6 is 15.9 Å². The molecule has 0 aliphatic heterocycles. The van der Waals surface area contributed by atoms with Crippen LogP contribution < -0.4 is 15.2 Å². The SMILES string of the molecule is COc1ccc(CC(=O)c2cccc(OC)c2N)cc1Br. The van der Waals surface area contributed by atoms with Crippen molar-refractivity contribution in [2.75, 3.05) is 20.0 Å². The van der Waals surface area contributed by atoms with Gasteiger partial charge in [0, 0.05) is 12.0 Å². The molecule has 0 radical (unpaired) electrons. The van der Waals surface area contributed by atoms with Gasteiger partial charge in [-0.3, -0.25) is 4.79 Å². The highest BCUT2D eigenvalue weighted by molar-refractivity contribution is 9.10. The van der Waals surface area contributed by atoms with Crippen LogP contribution in [0.15, 0.2) is 40.9 Å². The van der Waals surface area contributed by atoms with E-state index in [0.29, 0.717) is 17.0 Å². The fourth-order valence-corrected chi connectivity index (χ4v) is 2.65. The number of carbonyl (C=O) groups excluding carboxylic acids is 1. The fourth-order valence-electron chi connectivity index (χ4n) is 2.07. The number of rotatable bonds is 5. The van der Waals surface area contributed by atoms with Crippen LogP contribution in [0.25, 0.3) is 0 Å². The first kappa shape index (κ1) is 15.4. The molecule has 2 N–H and O–H groups in total. The number of Topliss-reactive ketones (excluding diaryl/α,β-unsaturated/α-hetero) is 1. The molecule has 5 heteroatoms. The van der Waals surface area contributed by atoms with E-state index in [9.17, 15) is 4.79 Å². The van der Waals surface area contributed by atoms with Crippen molar-refractivity contribution in [1.29, 1.82) is 0 Å². The zero-order valence-electron chi connectivity index (χ0n) is 11.9. The molecule has 2 rings (SSSR count). The number of para-hydroxylation sites is 1. The number of nitrogen functional groups attached to an aromatic ring is 1. The summed E-state index contributed by atoms with van der Waals surface area (Å²) in [6, 6.07) is 10.7. The Morgan fingerprint density at radius 1 is 1.14 bits per heavy atom. The zero-order chi connectivity index (χ0) is 15.4. The van der Waals surface area contributed by atoms with Crippen molar-refractivity contribution in [3.05, 3.63) is 52.0 Å². The molecule has 0 aliphatic rings. The van der Waals surface area contributed by atoms with Crippen LogP contribution in [-0.2, 0) is 6.42 Å². The molecular formula is C16H16BrNO3. The second-order valence-corrected chi connectivity index (χ2v) is 5.34. The molecule has 110 valence electrons. The number of carbonyl (C=O) groups is 1. The van der Waals surface area contributed by atoms with Gasteiger partial charge in [0.1, 0.15) is 11.5 Å². The van der Waals surface area contributed by atoms with Gasteiger partial charge in [-0.05, 0) is 45.8 Å². The van der Waals surface area contributed by atoms with E-state index in [4.69, 9.17) is 15.2 Å². The monoisotopic (exact) mass is 349 g/mol. The van der Waals surface area contributed by atoms with Crippen LogP contribution in [0.3, 0.4) is 0 Å². The highest BCUT2D eigenvalue weighted by atomic mass is 79.9. The molecule has 2 aromatic rings. The second kappa shape index (κ2) is 6.63. The predicted molar refractivity (Wildman–Crippen MR) is 86.1 cm³/mol. The Balaban J connectivity index is 2.24. The van der Waals surface area contributed by atoms with Gasteiger partial charge >= 0.3 is 0 Å². The maximum Gasteiger partial charge on any atom is 0.169 e. The van der Waals surface area contributed by atoms with E-state index in [0.717, 1.165) is 15.8 Å². The van der Waals surface area contributed by atoms with Crippen molar-refractivity contribution >= 4 is 27.4 Å². The Kier molecular flexibility index (Phi) is 4.85. The van der Waals surface area contributed by atoms with Crippen LogP contribution in [0, 0.1) is 0 Å². The normalized spacial score (nSPS) is 10.2. The van der Waals surface area contributed by atoms with Crippen molar-refractivity contribution in [1.82, 2.24) is 0 Å². The van der Waals surface area contributed by atoms with Gasteiger partial charge in [0.25, 0.3) is 0 Å². The van der Waals surface area contributed by atoms with Gasteiger partial charge in [0.05, 0.1) is 24.4 Å². The second-order valence-electron chi connectivity index (χ2n) is 4.49. The highest BCUT2D eigenvalue weighted by Crippen LogP contribution is 2.28. The molecule has 0 unspecified atom stereocenters. The smallest absolute Gasteiger partial charge is 0.169 e. The minimum absolute atomic E-state index is 0.0523. The third-order valence-electron chi connectivity index (χ3n) is 3.17. The number of benzene rings is 2. The Hall–Kier alpha value is -2.01. The van der Waals surface area contributed by atoms with Gasteiger partial charge in [0.2, 0.25) is 0 Å². The first-order valence-electron chi connectivity index (χ1n) is 6.35. The number of halogens is 1. The number of hydrogen-bond donors (Lipinski definition) is 1. The minimum Gasteiger partial charge on any atom is -0.496 e. The lowest BCUT2D eigenvalue weighted by atomic mass is 10.0.